The number of phenols is 1. The van der Waals surface area contributed by atoms with Crippen LogP contribution >= 0.6 is 0 Å². The number of unbranched alkanes of at least 4 members (excludes halogenated alkanes) is 1. The maximum atomic E-state index is 9.20. The van der Waals surface area contributed by atoms with E-state index in [0.29, 0.717) is 5.75 Å². The number of hydrogen-bond acceptors (Lipinski definition) is 2. The minimum absolute atomic E-state index is 0.331. The fraction of sp³-hybridized carbons (Fsp3) is 0.571. The summed E-state index contributed by atoms with van der Waals surface area (Å²) in [6, 6.07) is 7.38. The summed E-state index contributed by atoms with van der Waals surface area (Å²) in [6.45, 7) is 5.62. The molecule has 1 aromatic carbocycles. The van der Waals surface area contributed by atoms with Gasteiger partial charge in [0, 0.05) is 19.3 Å². The fourth-order valence-electron chi connectivity index (χ4n) is 1.74. The summed E-state index contributed by atoms with van der Waals surface area (Å²) in [7, 11) is 2.10. The van der Waals surface area contributed by atoms with Gasteiger partial charge in [-0.15, -0.1) is 0 Å². The quantitative estimate of drug-likeness (QED) is 0.741. The fourth-order valence-corrected chi connectivity index (χ4v) is 1.74. The Morgan fingerprint density at radius 2 is 1.75 bits per heavy atom. The number of aromatic hydroxyl groups is 1. The normalized spacial score (nSPS) is 10.8. The number of hydrogen-bond donors (Lipinski definition) is 1. The molecule has 0 bridgehead atoms. The first-order valence-corrected chi connectivity index (χ1v) is 6.09. The van der Waals surface area contributed by atoms with Crippen molar-refractivity contribution in [2.24, 2.45) is 5.92 Å². The van der Waals surface area contributed by atoms with Crippen molar-refractivity contribution in [3.8, 4) is 5.75 Å². The summed E-state index contributed by atoms with van der Waals surface area (Å²) < 4.78 is 0. The SMILES string of the molecule is CC(C)CCCCN(C)c1ccc(O)cc1. The Morgan fingerprint density at radius 1 is 1.12 bits per heavy atom. The van der Waals surface area contributed by atoms with E-state index in [-0.39, 0.29) is 0 Å². The molecule has 0 aliphatic heterocycles. The summed E-state index contributed by atoms with van der Waals surface area (Å²) in [6.07, 6.45) is 3.83. The van der Waals surface area contributed by atoms with Crippen LogP contribution in [0.5, 0.6) is 5.75 Å². The van der Waals surface area contributed by atoms with E-state index in [1.807, 2.05) is 12.1 Å². The predicted molar refractivity (Wildman–Crippen MR) is 70.1 cm³/mol. The molecule has 0 unspecified atom stereocenters. The standard InChI is InChI=1S/C14H23NO/c1-12(2)6-4-5-11-15(3)13-7-9-14(16)10-8-13/h7-10,12,16H,4-6,11H2,1-3H3. The van der Waals surface area contributed by atoms with E-state index >= 15 is 0 Å². The van der Waals surface area contributed by atoms with Gasteiger partial charge in [0.05, 0.1) is 0 Å². The highest BCUT2D eigenvalue weighted by Gasteiger charge is 2.01. The Morgan fingerprint density at radius 3 is 2.31 bits per heavy atom. The second-order valence-corrected chi connectivity index (χ2v) is 4.83. The summed E-state index contributed by atoms with van der Waals surface area (Å²) in [4.78, 5) is 2.24. The molecule has 1 aromatic rings. The van der Waals surface area contributed by atoms with Crippen molar-refractivity contribution in [1.29, 1.82) is 0 Å². The van der Waals surface area contributed by atoms with E-state index in [9.17, 15) is 5.11 Å². The molecule has 0 aromatic heterocycles. The number of phenolic OH excluding ortho intramolecular Hbond substituents is 1. The molecule has 2 nitrogen and oxygen atoms in total. The zero-order valence-electron chi connectivity index (χ0n) is 10.6. The van der Waals surface area contributed by atoms with Crippen molar-refractivity contribution >= 4 is 5.69 Å². The average molecular weight is 221 g/mol. The Labute approximate surface area is 98.9 Å². The number of anilines is 1. The molecule has 16 heavy (non-hydrogen) atoms. The highest BCUT2D eigenvalue weighted by Crippen LogP contribution is 2.17. The number of rotatable bonds is 6. The van der Waals surface area contributed by atoms with E-state index in [1.54, 1.807) is 12.1 Å². The zero-order valence-corrected chi connectivity index (χ0v) is 10.6. The van der Waals surface area contributed by atoms with Crippen LogP contribution in [0.4, 0.5) is 5.69 Å². The van der Waals surface area contributed by atoms with Crippen LogP contribution in [0.25, 0.3) is 0 Å². The molecule has 0 radical (unpaired) electrons. The van der Waals surface area contributed by atoms with Gasteiger partial charge in [-0.3, -0.25) is 0 Å². The third kappa shape index (κ3) is 4.56. The van der Waals surface area contributed by atoms with Gasteiger partial charge in [0.15, 0.2) is 0 Å². The summed E-state index contributed by atoms with van der Waals surface area (Å²) in [5.74, 6) is 1.14. The molecule has 0 aliphatic rings. The summed E-state index contributed by atoms with van der Waals surface area (Å²) in [5, 5.41) is 9.20. The average Bonchev–Trinajstić information content (AvgIpc) is 2.25. The molecule has 1 rings (SSSR count). The topological polar surface area (TPSA) is 23.5 Å². The maximum absolute atomic E-state index is 9.20. The number of benzene rings is 1. The lowest BCUT2D eigenvalue weighted by Gasteiger charge is -2.19. The third-order valence-electron chi connectivity index (χ3n) is 2.82. The van der Waals surface area contributed by atoms with Crippen LogP contribution in [-0.4, -0.2) is 18.7 Å². The van der Waals surface area contributed by atoms with Crippen molar-refractivity contribution in [3.05, 3.63) is 24.3 Å². The van der Waals surface area contributed by atoms with Crippen LogP contribution < -0.4 is 4.90 Å². The first-order chi connectivity index (χ1) is 7.59. The van der Waals surface area contributed by atoms with Crippen LogP contribution in [-0.2, 0) is 0 Å². The van der Waals surface area contributed by atoms with Gasteiger partial charge in [-0.1, -0.05) is 26.7 Å². The summed E-state index contributed by atoms with van der Waals surface area (Å²) >= 11 is 0. The minimum atomic E-state index is 0.331. The highest BCUT2D eigenvalue weighted by atomic mass is 16.3. The van der Waals surface area contributed by atoms with E-state index in [0.717, 1.165) is 12.5 Å². The van der Waals surface area contributed by atoms with Gasteiger partial charge >= 0.3 is 0 Å². The Bertz CT molecular complexity index is 292. The molecular weight excluding hydrogens is 198 g/mol. The Hall–Kier alpha value is -1.18. The smallest absolute Gasteiger partial charge is 0.115 e. The van der Waals surface area contributed by atoms with E-state index < -0.39 is 0 Å². The molecule has 0 heterocycles. The lowest BCUT2D eigenvalue weighted by molar-refractivity contribution is 0.475. The van der Waals surface area contributed by atoms with Gasteiger partial charge in [-0.25, -0.2) is 0 Å². The molecule has 0 saturated heterocycles. The molecule has 2 heteroatoms. The predicted octanol–water partition coefficient (Wildman–Crippen LogP) is 3.65. The monoisotopic (exact) mass is 221 g/mol. The molecular formula is C14H23NO. The van der Waals surface area contributed by atoms with Crippen LogP contribution in [0.15, 0.2) is 24.3 Å². The largest absolute Gasteiger partial charge is 0.508 e. The van der Waals surface area contributed by atoms with Crippen LogP contribution in [0.3, 0.4) is 0 Å². The minimum Gasteiger partial charge on any atom is -0.508 e. The highest BCUT2D eigenvalue weighted by molar-refractivity contribution is 5.47. The molecule has 0 fully saturated rings. The van der Waals surface area contributed by atoms with E-state index in [4.69, 9.17) is 0 Å². The lowest BCUT2D eigenvalue weighted by Crippen LogP contribution is -2.18. The molecule has 1 N–H and O–H groups in total. The first kappa shape index (κ1) is 12.9. The van der Waals surface area contributed by atoms with Gasteiger partial charge in [0.2, 0.25) is 0 Å². The lowest BCUT2D eigenvalue weighted by atomic mass is 10.1. The second kappa shape index (κ2) is 6.41. The van der Waals surface area contributed by atoms with Gasteiger partial charge in [0.25, 0.3) is 0 Å². The molecule has 0 saturated carbocycles. The van der Waals surface area contributed by atoms with Crippen molar-refractivity contribution in [2.45, 2.75) is 33.1 Å². The van der Waals surface area contributed by atoms with Crippen LogP contribution in [0.2, 0.25) is 0 Å². The second-order valence-electron chi connectivity index (χ2n) is 4.83. The van der Waals surface area contributed by atoms with Gasteiger partial charge in [-0.05, 0) is 36.6 Å². The molecule has 0 amide bonds. The zero-order chi connectivity index (χ0) is 12.0. The van der Waals surface area contributed by atoms with E-state index in [2.05, 4.69) is 25.8 Å². The maximum Gasteiger partial charge on any atom is 0.115 e. The Balaban J connectivity index is 2.29. The van der Waals surface area contributed by atoms with Gasteiger partial charge in [-0.2, -0.15) is 0 Å². The van der Waals surface area contributed by atoms with Gasteiger partial charge in [0.1, 0.15) is 5.75 Å². The van der Waals surface area contributed by atoms with Gasteiger partial charge < -0.3 is 10.0 Å². The first-order valence-electron chi connectivity index (χ1n) is 6.09. The molecule has 90 valence electrons. The van der Waals surface area contributed by atoms with E-state index in [1.165, 1.54) is 24.9 Å². The number of nitrogens with zero attached hydrogens (tertiary/aromatic N) is 1. The van der Waals surface area contributed by atoms with Crippen LogP contribution in [0, 0.1) is 5.92 Å². The summed E-state index contributed by atoms with van der Waals surface area (Å²) in [5.41, 5.74) is 1.17. The Kier molecular flexibility index (Phi) is 5.17. The molecule has 0 spiro atoms. The van der Waals surface area contributed by atoms with Crippen molar-refractivity contribution in [3.63, 3.8) is 0 Å². The third-order valence-corrected chi connectivity index (χ3v) is 2.82. The van der Waals surface area contributed by atoms with Crippen molar-refractivity contribution in [2.75, 3.05) is 18.5 Å². The molecule has 0 atom stereocenters. The van der Waals surface area contributed by atoms with Crippen molar-refractivity contribution < 1.29 is 5.11 Å². The van der Waals surface area contributed by atoms with Crippen LogP contribution in [0.1, 0.15) is 33.1 Å². The van der Waals surface area contributed by atoms with Crippen molar-refractivity contribution in [1.82, 2.24) is 0 Å². The molecule has 0 aliphatic carbocycles.